The first-order valence-corrected chi connectivity index (χ1v) is 10.6. The second-order valence-corrected chi connectivity index (χ2v) is 9.62. The SMILES string of the molecule is C/C(=N/O)c1ccc(S(=O)(=O)c2cc([C@]3(O)CCO[C@@H](C)C3)cs2)cc1. The zero-order valence-electron chi connectivity index (χ0n) is 14.5. The Labute approximate surface area is 156 Å². The highest BCUT2D eigenvalue weighted by atomic mass is 32.2. The molecular formula is C18H21NO5S2. The summed E-state index contributed by atoms with van der Waals surface area (Å²) in [7, 11) is -3.67. The van der Waals surface area contributed by atoms with Gasteiger partial charge in [0.25, 0.3) is 0 Å². The molecule has 2 aromatic rings. The maximum absolute atomic E-state index is 12.9. The molecule has 1 aliphatic heterocycles. The van der Waals surface area contributed by atoms with Crippen molar-refractivity contribution in [1.29, 1.82) is 0 Å². The number of hydrogen-bond donors (Lipinski definition) is 2. The average molecular weight is 396 g/mol. The van der Waals surface area contributed by atoms with Gasteiger partial charge in [0.2, 0.25) is 9.84 Å². The molecule has 0 spiro atoms. The van der Waals surface area contributed by atoms with E-state index in [-0.39, 0.29) is 15.2 Å². The molecule has 3 rings (SSSR count). The first kappa shape index (κ1) is 19.0. The van der Waals surface area contributed by atoms with Crippen LogP contribution in [-0.4, -0.2) is 37.2 Å². The van der Waals surface area contributed by atoms with E-state index in [1.165, 1.54) is 12.1 Å². The zero-order valence-corrected chi connectivity index (χ0v) is 16.2. The topological polar surface area (TPSA) is 96.2 Å². The Morgan fingerprint density at radius 3 is 2.65 bits per heavy atom. The number of sulfone groups is 1. The monoisotopic (exact) mass is 395 g/mol. The van der Waals surface area contributed by atoms with E-state index >= 15 is 0 Å². The van der Waals surface area contributed by atoms with Gasteiger partial charge in [-0.3, -0.25) is 0 Å². The molecule has 0 radical (unpaired) electrons. The maximum Gasteiger partial charge on any atom is 0.215 e. The lowest BCUT2D eigenvalue weighted by molar-refractivity contribution is -0.101. The van der Waals surface area contributed by atoms with Gasteiger partial charge in [-0.15, -0.1) is 11.3 Å². The van der Waals surface area contributed by atoms with Crippen molar-refractivity contribution in [2.45, 2.75) is 47.5 Å². The summed E-state index contributed by atoms with van der Waals surface area (Å²) in [6, 6.07) is 7.74. The van der Waals surface area contributed by atoms with Crippen molar-refractivity contribution < 1.29 is 23.5 Å². The summed E-state index contributed by atoms with van der Waals surface area (Å²) in [6.45, 7) is 3.97. The molecule has 6 nitrogen and oxygen atoms in total. The number of oxime groups is 1. The van der Waals surface area contributed by atoms with Crippen LogP contribution in [0.25, 0.3) is 0 Å². The third-order valence-corrected chi connectivity index (χ3v) is 7.86. The van der Waals surface area contributed by atoms with Crippen LogP contribution in [0.2, 0.25) is 0 Å². The fourth-order valence-electron chi connectivity index (χ4n) is 3.08. The second kappa shape index (κ2) is 7.11. The van der Waals surface area contributed by atoms with Crippen LogP contribution in [0.15, 0.2) is 50.0 Å². The number of ether oxygens (including phenoxy) is 1. The predicted molar refractivity (Wildman–Crippen MR) is 98.8 cm³/mol. The van der Waals surface area contributed by atoms with Crippen molar-refractivity contribution in [2.75, 3.05) is 6.61 Å². The Kier molecular flexibility index (Phi) is 5.21. The third kappa shape index (κ3) is 3.55. The summed E-state index contributed by atoms with van der Waals surface area (Å²) in [5, 5.41) is 24.5. The smallest absolute Gasteiger partial charge is 0.215 e. The molecule has 0 unspecified atom stereocenters. The van der Waals surface area contributed by atoms with Crippen LogP contribution in [0, 0.1) is 0 Å². The minimum Gasteiger partial charge on any atom is -0.411 e. The van der Waals surface area contributed by atoms with Crippen LogP contribution >= 0.6 is 11.3 Å². The van der Waals surface area contributed by atoms with E-state index in [4.69, 9.17) is 9.94 Å². The largest absolute Gasteiger partial charge is 0.411 e. The molecule has 1 aromatic carbocycles. The summed E-state index contributed by atoms with van der Waals surface area (Å²) >= 11 is 1.11. The molecule has 8 heteroatoms. The first-order valence-electron chi connectivity index (χ1n) is 8.23. The van der Waals surface area contributed by atoms with E-state index in [9.17, 15) is 13.5 Å². The Morgan fingerprint density at radius 2 is 2.04 bits per heavy atom. The van der Waals surface area contributed by atoms with Gasteiger partial charge < -0.3 is 15.1 Å². The van der Waals surface area contributed by atoms with Gasteiger partial charge in [-0.05, 0) is 48.6 Å². The highest BCUT2D eigenvalue weighted by Gasteiger charge is 2.36. The summed E-state index contributed by atoms with van der Waals surface area (Å²) < 4.78 is 31.4. The highest BCUT2D eigenvalue weighted by molar-refractivity contribution is 7.93. The summed E-state index contributed by atoms with van der Waals surface area (Å²) in [6.07, 6.45) is 0.817. The van der Waals surface area contributed by atoms with Crippen molar-refractivity contribution in [2.24, 2.45) is 5.16 Å². The first-order chi connectivity index (χ1) is 12.3. The molecule has 0 bridgehead atoms. The number of aliphatic hydroxyl groups is 1. The van der Waals surface area contributed by atoms with Crippen LogP contribution in [0.5, 0.6) is 0 Å². The van der Waals surface area contributed by atoms with Crippen molar-refractivity contribution in [3.8, 4) is 0 Å². The number of hydrogen-bond acceptors (Lipinski definition) is 7. The molecule has 0 saturated carbocycles. The summed E-state index contributed by atoms with van der Waals surface area (Å²) in [5.74, 6) is 0. The molecule has 0 amide bonds. The maximum atomic E-state index is 12.9. The lowest BCUT2D eigenvalue weighted by atomic mass is 9.86. The zero-order chi connectivity index (χ0) is 18.9. The number of thiophene rings is 1. The van der Waals surface area contributed by atoms with Gasteiger partial charge in [-0.1, -0.05) is 17.3 Å². The van der Waals surface area contributed by atoms with Crippen LogP contribution in [0.1, 0.15) is 37.8 Å². The number of nitrogens with zero attached hydrogens (tertiary/aromatic N) is 1. The number of rotatable bonds is 4. The van der Waals surface area contributed by atoms with Crippen LogP contribution in [0.4, 0.5) is 0 Å². The molecule has 2 atom stereocenters. The third-order valence-electron chi connectivity index (χ3n) is 4.65. The van der Waals surface area contributed by atoms with Gasteiger partial charge in [-0.25, -0.2) is 8.42 Å². The van der Waals surface area contributed by atoms with E-state index in [0.29, 0.717) is 36.3 Å². The Balaban J connectivity index is 1.90. The molecule has 0 aliphatic carbocycles. The average Bonchev–Trinajstić information content (AvgIpc) is 3.13. The molecule has 1 fully saturated rings. The Hall–Kier alpha value is -1.74. The van der Waals surface area contributed by atoms with Crippen molar-refractivity contribution in [3.63, 3.8) is 0 Å². The van der Waals surface area contributed by atoms with Gasteiger partial charge in [-0.2, -0.15) is 0 Å². The van der Waals surface area contributed by atoms with Gasteiger partial charge in [0.1, 0.15) is 4.21 Å². The standard InChI is InChI=1S/C18H21NO5S2/c1-12-10-18(20,7-8-24-12)15-9-17(25-11-15)26(22,23)16-5-3-14(4-6-16)13(2)19-21/h3-6,9,11-12,20-21H,7-8,10H2,1-2H3/b19-13-/t12-,18-/m0/s1. The second-order valence-electron chi connectivity index (χ2n) is 6.53. The fourth-order valence-corrected chi connectivity index (χ4v) is 5.75. The lowest BCUT2D eigenvalue weighted by Gasteiger charge is -2.35. The van der Waals surface area contributed by atoms with E-state index in [2.05, 4.69) is 5.16 Å². The molecule has 2 N–H and O–H groups in total. The molecule has 140 valence electrons. The van der Waals surface area contributed by atoms with Gasteiger partial charge in [0.05, 0.1) is 28.9 Å². The lowest BCUT2D eigenvalue weighted by Crippen LogP contribution is -2.37. The summed E-state index contributed by atoms with van der Waals surface area (Å²) in [5.41, 5.74) is 0.615. The van der Waals surface area contributed by atoms with Gasteiger partial charge >= 0.3 is 0 Å². The van der Waals surface area contributed by atoms with Crippen LogP contribution in [-0.2, 0) is 20.2 Å². The van der Waals surface area contributed by atoms with Crippen molar-refractivity contribution >= 4 is 26.9 Å². The quantitative estimate of drug-likeness (QED) is 0.471. The number of benzene rings is 1. The minimum absolute atomic E-state index is 0.0716. The van der Waals surface area contributed by atoms with E-state index in [0.717, 1.165) is 11.3 Å². The van der Waals surface area contributed by atoms with Crippen molar-refractivity contribution in [3.05, 3.63) is 46.8 Å². The van der Waals surface area contributed by atoms with Gasteiger partial charge in [0, 0.05) is 12.8 Å². The van der Waals surface area contributed by atoms with E-state index in [1.54, 1.807) is 30.5 Å². The summed E-state index contributed by atoms with van der Waals surface area (Å²) in [4.78, 5) is 0.160. The molecular weight excluding hydrogens is 374 g/mol. The fraction of sp³-hybridized carbons (Fsp3) is 0.389. The van der Waals surface area contributed by atoms with Gasteiger partial charge in [0.15, 0.2) is 0 Å². The molecule has 1 saturated heterocycles. The van der Waals surface area contributed by atoms with Crippen LogP contribution in [0.3, 0.4) is 0 Å². The van der Waals surface area contributed by atoms with E-state index in [1.807, 2.05) is 6.92 Å². The molecule has 2 heterocycles. The minimum atomic E-state index is -3.67. The van der Waals surface area contributed by atoms with E-state index < -0.39 is 15.4 Å². The normalized spacial score (nSPS) is 24.6. The highest BCUT2D eigenvalue weighted by Crippen LogP contribution is 2.38. The Bertz CT molecular complexity index is 917. The van der Waals surface area contributed by atoms with Crippen molar-refractivity contribution in [1.82, 2.24) is 0 Å². The molecule has 1 aliphatic rings. The molecule has 1 aromatic heterocycles. The molecule has 26 heavy (non-hydrogen) atoms. The Morgan fingerprint density at radius 1 is 1.35 bits per heavy atom. The van der Waals surface area contributed by atoms with Crippen LogP contribution < -0.4 is 0 Å². The predicted octanol–water partition coefficient (Wildman–Crippen LogP) is 3.17.